The molecular formula is C26H29F3N2OS. The van der Waals surface area contributed by atoms with Crippen LogP contribution in [0.4, 0.5) is 13.2 Å². The van der Waals surface area contributed by atoms with Crippen molar-refractivity contribution in [1.29, 1.82) is 0 Å². The van der Waals surface area contributed by atoms with Gasteiger partial charge in [0.2, 0.25) is 0 Å². The molecule has 2 unspecified atom stereocenters. The van der Waals surface area contributed by atoms with E-state index >= 15 is 0 Å². The van der Waals surface area contributed by atoms with E-state index in [1.54, 1.807) is 12.1 Å². The number of amidine groups is 1. The highest BCUT2D eigenvalue weighted by Gasteiger charge is 2.35. The minimum Gasteiger partial charge on any atom is -0.405 e. The van der Waals surface area contributed by atoms with Crippen molar-refractivity contribution in [1.82, 2.24) is 5.32 Å². The summed E-state index contributed by atoms with van der Waals surface area (Å²) in [6.45, 7) is 2.04. The maximum atomic E-state index is 12.7. The molecule has 0 saturated heterocycles. The zero-order valence-electron chi connectivity index (χ0n) is 18.3. The number of halogens is 3. The van der Waals surface area contributed by atoms with Gasteiger partial charge < -0.3 is 10.1 Å². The van der Waals surface area contributed by atoms with Crippen molar-refractivity contribution in [3.05, 3.63) is 90.1 Å². The molecule has 1 heterocycles. The molecule has 0 bridgehead atoms. The molecule has 176 valence electrons. The van der Waals surface area contributed by atoms with E-state index in [-0.39, 0.29) is 19.3 Å². The van der Waals surface area contributed by atoms with Gasteiger partial charge in [0, 0.05) is 12.7 Å². The number of alkyl halides is 3. The average Bonchev–Trinajstić information content (AvgIpc) is 3.47. The molecule has 0 amide bonds. The maximum Gasteiger partial charge on any atom is 0.573 e. The van der Waals surface area contributed by atoms with Crippen LogP contribution in [-0.2, 0) is 5.75 Å². The Kier molecular flexibility index (Phi) is 7.48. The molecule has 1 fully saturated rings. The second-order valence-corrected chi connectivity index (χ2v) is 9.16. The van der Waals surface area contributed by atoms with Crippen molar-refractivity contribution in [2.24, 2.45) is 16.8 Å². The lowest BCUT2D eigenvalue weighted by molar-refractivity contribution is -0.274. The Morgan fingerprint density at radius 1 is 1.18 bits per heavy atom. The summed E-state index contributed by atoms with van der Waals surface area (Å²) in [7, 11) is 0. The third kappa shape index (κ3) is 6.67. The number of aliphatic imine (C=N–C) groups is 1. The van der Waals surface area contributed by atoms with Gasteiger partial charge in [0.15, 0.2) is 5.17 Å². The second kappa shape index (κ2) is 10.5. The number of thioether (sulfide) groups is 1. The van der Waals surface area contributed by atoms with E-state index in [1.165, 1.54) is 30.3 Å². The fraction of sp³-hybridized carbons (Fsp3) is 0.346. The van der Waals surface area contributed by atoms with Gasteiger partial charge in [-0.3, -0.25) is 4.99 Å². The van der Waals surface area contributed by atoms with Crippen LogP contribution in [-0.4, -0.2) is 23.6 Å². The molecule has 4 atom stereocenters. The van der Waals surface area contributed by atoms with Crippen LogP contribution in [0, 0.1) is 11.8 Å². The number of para-hydroxylation sites is 1. The number of nitrogens with one attached hydrogen (secondary N) is 1. The molecule has 3 aliphatic rings. The van der Waals surface area contributed by atoms with E-state index in [0.29, 0.717) is 23.2 Å². The van der Waals surface area contributed by atoms with Gasteiger partial charge in [-0.05, 0) is 43.2 Å². The van der Waals surface area contributed by atoms with Gasteiger partial charge in [-0.1, -0.05) is 84.6 Å². The van der Waals surface area contributed by atoms with E-state index < -0.39 is 6.36 Å². The maximum absolute atomic E-state index is 12.7. The zero-order valence-corrected chi connectivity index (χ0v) is 19.2. The van der Waals surface area contributed by atoms with Gasteiger partial charge in [-0.2, -0.15) is 0 Å². The van der Waals surface area contributed by atoms with Crippen LogP contribution < -0.4 is 10.1 Å². The molecular weight excluding hydrogens is 445 g/mol. The van der Waals surface area contributed by atoms with Crippen molar-refractivity contribution in [3.63, 3.8) is 0 Å². The SMILES string of the molecule is C/C=C\C1CC1/C=C/[C@@H]1NC(SCc2ccccc2OC(F)(F)F)=N[C@@H]1C1=CCC=CC=C1.[HH]. The molecule has 4 rings (SSSR count). The number of hydrogen-bond donors (Lipinski definition) is 1. The second-order valence-electron chi connectivity index (χ2n) is 8.19. The Hall–Kier alpha value is -2.67. The molecule has 1 N–H and O–H groups in total. The Morgan fingerprint density at radius 3 is 2.82 bits per heavy atom. The fourth-order valence-corrected chi connectivity index (χ4v) is 4.91. The Labute approximate surface area is 198 Å². The van der Waals surface area contributed by atoms with E-state index in [1.807, 2.05) is 19.1 Å². The van der Waals surface area contributed by atoms with Crippen LogP contribution in [0.15, 0.2) is 89.5 Å². The third-order valence-corrected chi connectivity index (χ3v) is 6.66. The summed E-state index contributed by atoms with van der Waals surface area (Å²) in [5.74, 6) is 1.33. The molecule has 0 radical (unpaired) electrons. The lowest BCUT2D eigenvalue weighted by Crippen LogP contribution is -2.32. The number of rotatable bonds is 7. The number of allylic oxidation sites excluding steroid dienone is 7. The quantitative estimate of drug-likeness (QED) is 0.433. The highest BCUT2D eigenvalue weighted by Crippen LogP contribution is 2.41. The number of hydrogen-bond acceptors (Lipinski definition) is 4. The van der Waals surface area contributed by atoms with Crippen molar-refractivity contribution in [3.8, 4) is 5.75 Å². The number of nitrogens with zero attached hydrogens (tertiary/aromatic N) is 1. The van der Waals surface area contributed by atoms with Crippen molar-refractivity contribution in [2.75, 3.05) is 0 Å². The van der Waals surface area contributed by atoms with Gasteiger partial charge in [-0.15, -0.1) is 13.2 Å². The monoisotopic (exact) mass is 474 g/mol. The summed E-state index contributed by atoms with van der Waals surface area (Å²) in [5.41, 5.74) is 1.61. The van der Waals surface area contributed by atoms with Crippen molar-refractivity contribution >= 4 is 16.9 Å². The Balaban J connectivity index is 0.00000324. The van der Waals surface area contributed by atoms with E-state index in [2.05, 4.69) is 52.6 Å². The summed E-state index contributed by atoms with van der Waals surface area (Å²) in [6.07, 6.45) is 16.5. The summed E-state index contributed by atoms with van der Waals surface area (Å²) in [4.78, 5) is 4.90. The molecule has 2 aliphatic carbocycles. The molecule has 1 saturated carbocycles. The Morgan fingerprint density at radius 2 is 2.00 bits per heavy atom. The van der Waals surface area contributed by atoms with Crippen molar-refractivity contribution in [2.45, 2.75) is 44.0 Å². The summed E-state index contributed by atoms with van der Waals surface area (Å²) in [6, 6.07) is 6.18. The predicted octanol–water partition coefficient (Wildman–Crippen LogP) is 6.97. The lowest BCUT2D eigenvalue weighted by Gasteiger charge is -2.16. The Bertz CT molecular complexity index is 1030. The van der Waals surface area contributed by atoms with Crippen molar-refractivity contribution < 1.29 is 19.3 Å². The molecule has 0 aromatic heterocycles. The first kappa shape index (κ1) is 23.5. The van der Waals surface area contributed by atoms with E-state index in [0.717, 1.165) is 17.2 Å². The largest absolute Gasteiger partial charge is 0.573 e. The predicted molar refractivity (Wildman–Crippen MR) is 131 cm³/mol. The number of benzene rings is 1. The smallest absolute Gasteiger partial charge is 0.405 e. The summed E-state index contributed by atoms with van der Waals surface area (Å²) < 4.78 is 42.4. The summed E-state index contributed by atoms with van der Waals surface area (Å²) in [5, 5.41) is 4.20. The summed E-state index contributed by atoms with van der Waals surface area (Å²) >= 11 is 1.39. The van der Waals surface area contributed by atoms with Gasteiger partial charge in [0.25, 0.3) is 0 Å². The zero-order chi connectivity index (χ0) is 23.3. The van der Waals surface area contributed by atoms with Gasteiger partial charge in [-0.25, -0.2) is 0 Å². The lowest BCUT2D eigenvalue weighted by atomic mass is 9.99. The van der Waals surface area contributed by atoms with Crippen LogP contribution >= 0.6 is 11.8 Å². The standard InChI is InChI=1S/C26H27F3N2OS.H2/c1-2-9-19-16-20(19)14-15-22-24(18-10-5-3-4-6-11-18)31-25(30-22)33-17-21-12-7-8-13-23(21)32-26(27,28)29;/h2-5,7-15,19-20,22,24H,6,16-17H2,1H3,(H,30,31);1H/b9-2-,15-14+;/t19?,20?,22-,24+;/m0./s1. The molecule has 7 heteroatoms. The van der Waals surface area contributed by atoms with E-state index in [9.17, 15) is 13.2 Å². The van der Waals surface area contributed by atoms with Crippen LogP contribution in [0.1, 0.15) is 26.8 Å². The van der Waals surface area contributed by atoms with Crippen LogP contribution in [0.5, 0.6) is 5.75 Å². The third-order valence-electron chi connectivity index (χ3n) is 5.71. The molecule has 33 heavy (non-hydrogen) atoms. The van der Waals surface area contributed by atoms with Gasteiger partial charge in [0.05, 0.1) is 6.04 Å². The van der Waals surface area contributed by atoms with Gasteiger partial charge >= 0.3 is 6.36 Å². The molecule has 0 spiro atoms. The molecule has 1 aromatic carbocycles. The fourth-order valence-electron chi connectivity index (χ4n) is 3.98. The molecule has 1 aromatic rings. The first-order chi connectivity index (χ1) is 15.9. The topological polar surface area (TPSA) is 33.6 Å². The van der Waals surface area contributed by atoms with E-state index in [4.69, 9.17) is 4.99 Å². The van der Waals surface area contributed by atoms with Gasteiger partial charge in [0.1, 0.15) is 11.8 Å². The number of ether oxygens (including phenoxy) is 1. The molecule has 3 nitrogen and oxygen atoms in total. The minimum absolute atomic E-state index is 0. The average molecular weight is 475 g/mol. The van der Waals surface area contributed by atoms with Crippen LogP contribution in [0.3, 0.4) is 0 Å². The van der Waals surface area contributed by atoms with Crippen LogP contribution in [0.25, 0.3) is 0 Å². The normalized spacial score (nSPS) is 26.9. The highest BCUT2D eigenvalue weighted by atomic mass is 32.2. The van der Waals surface area contributed by atoms with Crippen LogP contribution in [0.2, 0.25) is 0 Å². The first-order valence-electron chi connectivity index (χ1n) is 11.1. The highest BCUT2D eigenvalue weighted by molar-refractivity contribution is 8.13. The minimum atomic E-state index is -4.72. The first-order valence-corrected chi connectivity index (χ1v) is 12.1. The molecule has 1 aliphatic heterocycles.